The Morgan fingerprint density at radius 1 is 1.40 bits per heavy atom. The van der Waals surface area contributed by atoms with Gasteiger partial charge in [0.05, 0.1) is 11.3 Å². The van der Waals surface area contributed by atoms with Crippen LogP contribution in [0, 0.1) is 0 Å². The number of aromatic nitrogens is 2. The maximum Gasteiger partial charge on any atom is 0.419 e. The number of hydrogen-bond acceptors (Lipinski definition) is 2. The van der Waals surface area contributed by atoms with Gasteiger partial charge in [0, 0.05) is 18.7 Å². The molecule has 0 amide bonds. The summed E-state index contributed by atoms with van der Waals surface area (Å²) in [6.45, 7) is 3.22. The topological polar surface area (TPSA) is 17.8 Å². The molecule has 2 nitrogen and oxygen atoms in total. The van der Waals surface area contributed by atoms with Crippen LogP contribution < -0.4 is 0 Å². The number of halogens is 3. The Labute approximate surface area is 91.1 Å². The van der Waals surface area contributed by atoms with Gasteiger partial charge in [0.15, 0.2) is 0 Å². The SMILES string of the molecule is Cn1cc(C(F)(F)F)c(C(C)(C)C=S)n1. The number of aryl methyl sites for hydroxylation is 1. The Balaban J connectivity index is 3.36. The summed E-state index contributed by atoms with van der Waals surface area (Å²) >= 11 is 4.72. The first kappa shape index (κ1) is 12.2. The summed E-state index contributed by atoms with van der Waals surface area (Å²) in [6, 6.07) is 0. The van der Waals surface area contributed by atoms with Crippen LogP contribution in [-0.2, 0) is 18.6 Å². The van der Waals surface area contributed by atoms with Gasteiger partial charge in [-0.3, -0.25) is 4.68 Å². The third-order valence-corrected chi connectivity index (χ3v) is 2.63. The number of nitrogens with zero attached hydrogens (tertiary/aromatic N) is 2. The first-order valence-corrected chi connectivity index (χ1v) is 4.73. The average Bonchev–Trinajstić information content (AvgIpc) is 2.47. The van der Waals surface area contributed by atoms with Gasteiger partial charge >= 0.3 is 6.18 Å². The highest BCUT2D eigenvalue weighted by molar-refractivity contribution is 7.79. The van der Waals surface area contributed by atoms with Crippen molar-refractivity contribution >= 4 is 17.6 Å². The number of alkyl halides is 3. The first-order valence-electron chi connectivity index (χ1n) is 4.26. The van der Waals surface area contributed by atoms with Crippen molar-refractivity contribution in [2.75, 3.05) is 0 Å². The Morgan fingerprint density at radius 2 is 1.93 bits per heavy atom. The van der Waals surface area contributed by atoms with Crippen LogP contribution in [-0.4, -0.2) is 15.1 Å². The van der Waals surface area contributed by atoms with Gasteiger partial charge in [0.1, 0.15) is 0 Å². The predicted molar refractivity (Wildman–Crippen MR) is 54.9 cm³/mol. The van der Waals surface area contributed by atoms with Gasteiger partial charge in [0.2, 0.25) is 0 Å². The second-order valence-corrected chi connectivity index (χ2v) is 4.14. The van der Waals surface area contributed by atoms with Crippen molar-refractivity contribution in [3.05, 3.63) is 17.5 Å². The Hall–Kier alpha value is -0.910. The molecule has 0 N–H and O–H groups in total. The molecule has 0 unspecified atom stereocenters. The van der Waals surface area contributed by atoms with Crippen LogP contribution in [0.3, 0.4) is 0 Å². The van der Waals surface area contributed by atoms with E-state index < -0.39 is 17.2 Å². The monoisotopic (exact) mass is 236 g/mol. The van der Waals surface area contributed by atoms with Gasteiger partial charge in [0.25, 0.3) is 0 Å². The van der Waals surface area contributed by atoms with Crippen molar-refractivity contribution in [2.24, 2.45) is 7.05 Å². The highest BCUT2D eigenvalue weighted by Crippen LogP contribution is 2.36. The lowest BCUT2D eigenvalue weighted by Crippen LogP contribution is -2.23. The fraction of sp³-hybridized carbons (Fsp3) is 0.556. The Bertz CT molecular complexity index is 379. The van der Waals surface area contributed by atoms with Crippen LogP contribution in [0.4, 0.5) is 13.2 Å². The maximum absolute atomic E-state index is 12.6. The Kier molecular flexibility index (Phi) is 2.91. The molecule has 6 heteroatoms. The molecule has 0 aromatic carbocycles. The summed E-state index contributed by atoms with van der Waals surface area (Å²) in [5.41, 5.74) is -1.62. The molecule has 0 atom stereocenters. The molecular weight excluding hydrogens is 225 g/mol. The molecule has 0 bridgehead atoms. The van der Waals surface area contributed by atoms with Crippen molar-refractivity contribution in [1.82, 2.24) is 9.78 Å². The van der Waals surface area contributed by atoms with Crippen LogP contribution in [0.15, 0.2) is 6.20 Å². The standard InChI is InChI=1S/C9H11F3N2S/c1-8(2,5-15)7-6(9(10,11)12)4-14(3)13-7/h4-5H,1-3H3. The van der Waals surface area contributed by atoms with Crippen molar-refractivity contribution in [2.45, 2.75) is 25.4 Å². The molecule has 0 aliphatic carbocycles. The lowest BCUT2D eigenvalue weighted by atomic mass is 9.89. The summed E-state index contributed by atoms with van der Waals surface area (Å²) in [5.74, 6) is 0. The number of thiocarbonyl (C=S) groups is 1. The van der Waals surface area contributed by atoms with E-state index in [1.165, 1.54) is 12.4 Å². The zero-order valence-corrected chi connectivity index (χ0v) is 9.41. The number of rotatable bonds is 2. The summed E-state index contributed by atoms with van der Waals surface area (Å²) in [7, 11) is 1.46. The molecule has 1 aromatic rings. The van der Waals surface area contributed by atoms with Crippen LogP contribution in [0.5, 0.6) is 0 Å². The molecule has 0 spiro atoms. The molecule has 1 aromatic heterocycles. The van der Waals surface area contributed by atoms with Crippen LogP contribution >= 0.6 is 12.2 Å². The third kappa shape index (κ3) is 2.37. The highest BCUT2D eigenvalue weighted by Gasteiger charge is 2.39. The molecular formula is C9H11F3N2S. The highest BCUT2D eigenvalue weighted by atomic mass is 32.1. The molecule has 0 fully saturated rings. The van der Waals surface area contributed by atoms with E-state index in [4.69, 9.17) is 12.2 Å². The predicted octanol–water partition coefficient (Wildman–Crippen LogP) is 2.72. The minimum atomic E-state index is -4.39. The fourth-order valence-electron chi connectivity index (χ4n) is 1.23. The fourth-order valence-corrected chi connectivity index (χ4v) is 1.34. The molecule has 0 saturated heterocycles. The molecule has 0 saturated carbocycles. The van der Waals surface area contributed by atoms with Gasteiger partial charge in [-0.1, -0.05) is 12.2 Å². The molecule has 0 aliphatic heterocycles. The zero-order valence-electron chi connectivity index (χ0n) is 8.59. The molecule has 0 aliphatic rings. The van der Waals surface area contributed by atoms with Crippen molar-refractivity contribution in [3.63, 3.8) is 0 Å². The summed E-state index contributed by atoms with van der Waals surface area (Å²) in [6.07, 6.45) is -3.42. The molecule has 1 rings (SSSR count). The van der Waals surface area contributed by atoms with E-state index >= 15 is 0 Å². The Morgan fingerprint density at radius 3 is 2.33 bits per heavy atom. The van der Waals surface area contributed by atoms with Gasteiger partial charge in [-0.15, -0.1) is 0 Å². The lowest BCUT2D eigenvalue weighted by Gasteiger charge is -2.18. The van der Waals surface area contributed by atoms with Gasteiger partial charge in [-0.2, -0.15) is 18.3 Å². The summed E-state index contributed by atoms with van der Waals surface area (Å²) in [5, 5.41) is 5.11. The second-order valence-electron chi connectivity index (χ2n) is 3.90. The minimum Gasteiger partial charge on any atom is -0.275 e. The summed E-state index contributed by atoms with van der Waals surface area (Å²) in [4.78, 5) is 0. The minimum absolute atomic E-state index is 0.0347. The normalized spacial score (nSPS) is 12.9. The average molecular weight is 236 g/mol. The van der Waals surface area contributed by atoms with E-state index in [-0.39, 0.29) is 5.69 Å². The van der Waals surface area contributed by atoms with Crippen molar-refractivity contribution in [1.29, 1.82) is 0 Å². The van der Waals surface area contributed by atoms with Crippen molar-refractivity contribution in [3.8, 4) is 0 Å². The van der Waals surface area contributed by atoms with E-state index in [2.05, 4.69) is 5.10 Å². The molecule has 1 heterocycles. The summed E-state index contributed by atoms with van der Waals surface area (Å²) < 4.78 is 39.0. The third-order valence-electron chi connectivity index (χ3n) is 2.04. The molecule has 0 radical (unpaired) electrons. The second kappa shape index (κ2) is 3.59. The van der Waals surface area contributed by atoms with Crippen molar-refractivity contribution < 1.29 is 13.2 Å². The van der Waals surface area contributed by atoms with Crippen LogP contribution in [0.25, 0.3) is 0 Å². The van der Waals surface area contributed by atoms with E-state index in [0.717, 1.165) is 10.9 Å². The maximum atomic E-state index is 12.6. The lowest BCUT2D eigenvalue weighted by molar-refractivity contribution is -0.138. The van der Waals surface area contributed by atoms with E-state index in [1.807, 2.05) is 0 Å². The molecule has 15 heavy (non-hydrogen) atoms. The number of hydrogen-bond donors (Lipinski definition) is 0. The van der Waals surface area contributed by atoms with Crippen LogP contribution in [0.2, 0.25) is 0 Å². The van der Waals surface area contributed by atoms with Gasteiger partial charge in [-0.25, -0.2) is 0 Å². The first-order chi connectivity index (χ1) is 6.68. The van der Waals surface area contributed by atoms with Gasteiger partial charge < -0.3 is 0 Å². The zero-order chi connectivity index (χ0) is 11.9. The van der Waals surface area contributed by atoms with E-state index in [9.17, 15) is 13.2 Å². The van der Waals surface area contributed by atoms with Gasteiger partial charge in [-0.05, 0) is 19.2 Å². The largest absolute Gasteiger partial charge is 0.419 e. The molecule has 84 valence electrons. The van der Waals surface area contributed by atoms with E-state index in [1.54, 1.807) is 13.8 Å². The smallest absolute Gasteiger partial charge is 0.275 e. The quantitative estimate of drug-likeness (QED) is 0.735. The van der Waals surface area contributed by atoms with E-state index in [0.29, 0.717) is 0 Å². The van der Waals surface area contributed by atoms with Crippen LogP contribution in [0.1, 0.15) is 25.1 Å².